The Labute approximate surface area is 128 Å². The van der Waals surface area contributed by atoms with Crippen LogP contribution in [0.4, 0.5) is 0 Å². The molecule has 3 heterocycles. The molecule has 3 saturated heterocycles. The van der Waals surface area contributed by atoms with E-state index in [-0.39, 0.29) is 0 Å². The van der Waals surface area contributed by atoms with Gasteiger partial charge in [-0.25, -0.2) is 0 Å². The maximum atomic E-state index is 3.58. The Bertz CT molecular complexity index is 472. The topological polar surface area (TPSA) is 18.5 Å². The number of fused-ring (bicyclic) bond motifs is 3. The van der Waals surface area contributed by atoms with Crippen molar-refractivity contribution in [3.8, 4) is 0 Å². The summed E-state index contributed by atoms with van der Waals surface area (Å²) in [5.74, 6) is 0.840. The third-order valence-corrected chi connectivity index (χ3v) is 5.89. The third-order valence-electron chi connectivity index (χ3n) is 5.89. The van der Waals surface area contributed by atoms with E-state index in [4.69, 9.17) is 0 Å². The predicted octanol–water partition coefficient (Wildman–Crippen LogP) is 2.21. The molecular formula is C18H27N3. The molecule has 3 nitrogen and oxygen atoms in total. The average Bonchev–Trinajstić information content (AvgIpc) is 2.49. The predicted molar refractivity (Wildman–Crippen MR) is 86.6 cm³/mol. The molecule has 114 valence electrons. The lowest BCUT2D eigenvalue weighted by atomic mass is 9.79. The summed E-state index contributed by atoms with van der Waals surface area (Å²) in [4.78, 5) is 5.30. The van der Waals surface area contributed by atoms with Crippen molar-refractivity contribution in [2.24, 2.45) is 0 Å². The summed E-state index contributed by atoms with van der Waals surface area (Å²) in [5.41, 5.74) is 3.01. The lowest BCUT2D eigenvalue weighted by Crippen LogP contribution is -2.63. The molecule has 1 N–H and O–H groups in total. The molecule has 0 radical (unpaired) electrons. The zero-order chi connectivity index (χ0) is 14.2. The van der Waals surface area contributed by atoms with Crippen LogP contribution >= 0.6 is 0 Å². The number of hydrogen-bond acceptors (Lipinski definition) is 3. The van der Waals surface area contributed by atoms with Crippen LogP contribution in [0.1, 0.15) is 42.3 Å². The monoisotopic (exact) mass is 285 g/mol. The molecule has 3 heteroatoms. The van der Waals surface area contributed by atoms with Crippen LogP contribution in [0.25, 0.3) is 0 Å². The molecule has 2 bridgehead atoms. The van der Waals surface area contributed by atoms with Gasteiger partial charge >= 0.3 is 0 Å². The Hall–Kier alpha value is -0.900. The van der Waals surface area contributed by atoms with Crippen molar-refractivity contribution in [2.45, 2.75) is 37.3 Å². The van der Waals surface area contributed by atoms with Gasteiger partial charge < -0.3 is 5.32 Å². The van der Waals surface area contributed by atoms with Crippen LogP contribution in [0, 0.1) is 0 Å². The average molecular weight is 285 g/mol. The highest BCUT2D eigenvalue weighted by molar-refractivity contribution is 5.29. The van der Waals surface area contributed by atoms with Crippen LogP contribution < -0.4 is 5.32 Å². The summed E-state index contributed by atoms with van der Waals surface area (Å²) in [6.45, 7) is 6.21. The quantitative estimate of drug-likeness (QED) is 0.915. The van der Waals surface area contributed by atoms with Gasteiger partial charge in [-0.2, -0.15) is 0 Å². The van der Waals surface area contributed by atoms with Crippen LogP contribution in [-0.2, 0) is 0 Å². The minimum absolute atomic E-state index is 0.462. The molecule has 5 rings (SSSR count). The fraction of sp³-hybridized carbons (Fsp3) is 0.667. The van der Waals surface area contributed by atoms with Gasteiger partial charge in [0, 0.05) is 44.8 Å². The summed E-state index contributed by atoms with van der Waals surface area (Å²) >= 11 is 0. The molecule has 4 fully saturated rings. The molecule has 1 aromatic rings. The second kappa shape index (κ2) is 5.71. The lowest BCUT2D eigenvalue weighted by Gasteiger charge is -2.50. The molecule has 2 unspecified atom stereocenters. The molecule has 0 spiro atoms. The summed E-state index contributed by atoms with van der Waals surface area (Å²) in [5, 5.41) is 3.58. The van der Waals surface area contributed by atoms with Crippen molar-refractivity contribution in [2.75, 3.05) is 39.8 Å². The molecule has 21 heavy (non-hydrogen) atoms. The number of likely N-dealkylation sites (N-methyl/N-ethyl adjacent to an activating group) is 1. The van der Waals surface area contributed by atoms with Gasteiger partial charge in [0.1, 0.15) is 0 Å². The fourth-order valence-corrected chi connectivity index (χ4v) is 4.27. The first kappa shape index (κ1) is 13.7. The first-order valence-corrected chi connectivity index (χ1v) is 8.58. The molecule has 1 saturated carbocycles. The Kier molecular flexibility index (Phi) is 3.74. The highest BCUT2D eigenvalue weighted by Gasteiger charge is 2.36. The largest absolute Gasteiger partial charge is 0.312 e. The summed E-state index contributed by atoms with van der Waals surface area (Å²) < 4.78 is 0. The van der Waals surface area contributed by atoms with Gasteiger partial charge in [0.15, 0.2) is 0 Å². The van der Waals surface area contributed by atoms with E-state index in [1.807, 2.05) is 0 Å². The van der Waals surface area contributed by atoms with Crippen molar-refractivity contribution >= 4 is 0 Å². The zero-order valence-corrected chi connectivity index (χ0v) is 13.1. The molecule has 0 aromatic heterocycles. The minimum atomic E-state index is 0.462. The highest BCUT2D eigenvalue weighted by Crippen LogP contribution is 2.37. The summed E-state index contributed by atoms with van der Waals surface area (Å²) in [6, 6.07) is 10.6. The third kappa shape index (κ3) is 2.52. The normalized spacial score (nSPS) is 33.7. The van der Waals surface area contributed by atoms with Crippen LogP contribution in [0.2, 0.25) is 0 Å². The molecular weight excluding hydrogens is 258 g/mol. The number of piperazine rings is 3. The van der Waals surface area contributed by atoms with Crippen LogP contribution in [0.15, 0.2) is 24.3 Å². The van der Waals surface area contributed by atoms with Gasteiger partial charge in [0.05, 0.1) is 0 Å². The number of benzene rings is 1. The molecule has 1 aliphatic carbocycles. The van der Waals surface area contributed by atoms with Crippen molar-refractivity contribution in [1.82, 2.24) is 15.1 Å². The standard InChI is InChI=1S/C18H27N3/c1-19-18(17-13-20-9-11-21(17)12-10-20)16-7-5-15(6-8-16)14-3-2-4-14/h5-8,14,17-19H,2-4,9-13H2,1H3. The van der Waals surface area contributed by atoms with Crippen molar-refractivity contribution in [3.63, 3.8) is 0 Å². The van der Waals surface area contributed by atoms with Gasteiger partial charge in [-0.15, -0.1) is 0 Å². The van der Waals surface area contributed by atoms with Crippen LogP contribution in [0.3, 0.4) is 0 Å². The number of nitrogens with zero attached hydrogens (tertiary/aromatic N) is 2. The smallest absolute Gasteiger partial charge is 0.0488 e. The van der Waals surface area contributed by atoms with Gasteiger partial charge in [-0.05, 0) is 36.9 Å². The van der Waals surface area contributed by atoms with Gasteiger partial charge in [0.2, 0.25) is 0 Å². The van der Waals surface area contributed by atoms with Gasteiger partial charge in [-0.1, -0.05) is 30.7 Å². The van der Waals surface area contributed by atoms with Gasteiger partial charge in [-0.3, -0.25) is 9.80 Å². The zero-order valence-electron chi connectivity index (χ0n) is 13.1. The second-order valence-corrected chi connectivity index (χ2v) is 6.96. The summed E-state index contributed by atoms with van der Waals surface area (Å²) in [7, 11) is 2.11. The number of rotatable bonds is 4. The van der Waals surface area contributed by atoms with E-state index < -0.39 is 0 Å². The minimum Gasteiger partial charge on any atom is -0.312 e. The Morgan fingerprint density at radius 2 is 1.76 bits per heavy atom. The van der Waals surface area contributed by atoms with Crippen LogP contribution in [-0.4, -0.2) is 55.6 Å². The van der Waals surface area contributed by atoms with Gasteiger partial charge in [0.25, 0.3) is 0 Å². The van der Waals surface area contributed by atoms with E-state index in [2.05, 4.69) is 46.4 Å². The molecule has 1 aromatic carbocycles. The van der Waals surface area contributed by atoms with E-state index in [1.165, 1.54) is 57.5 Å². The Balaban J connectivity index is 1.52. The second-order valence-electron chi connectivity index (χ2n) is 6.96. The van der Waals surface area contributed by atoms with Crippen molar-refractivity contribution in [1.29, 1.82) is 0 Å². The first-order valence-electron chi connectivity index (χ1n) is 8.58. The Morgan fingerprint density at radius 3 is 2.24 bits per heavy atom. The maximum absolute atomic E-state index is 3.58. The van der Waals surface area contributed by atoms with E-state index in [9.17, 15) is 0 Å². The van der Waals surface area contributed by atoms with Crippen molar-refractivity contribution in [3.05, 3.63) is 35.4 Å². The van der Waals surface area contributed by atoms with Crippen LogP contribution in [0.5, 0.6) is 0 Å². The van der Waals surface area contributed by atoms with E-state index in [0.717, 1.165) is 5.92 Å². The van der Waals surface area contributed by atoms with Crippen molar-refractivity contribution < 1.29 is 0 Å². The highest BCUT2D eigenvalue weighted by atomic mass is 15.4. The van der Waals surface area contributed by atoms with E-state index in [0.29, 0.717) is 12.1 Å². The summed E-state index contributed by atoms with van der Waals surface area (Å²) in [6.07, 6.45) is 4.19. The first-order chi connectivity index (χ1) is 10.3. The molecule has 2 atom stereocenters. The SMILES string of the molecule is CNC(c1ccc(C2CCC2)cc1)C1CN2CCN1CC2. The number of hydrogen-bond donors (Lipinski definition) is 1. The fourth-order valence-electron chi connectivity index (χ4n) is 4.27. The number of nitrogens with one attached hydrogen (secondary N) is 1. The molecule has 0 amide bonds. The molecule has 3 aliphatic heterocycles. The van der Waals surface area contributed by atoms with E-state index in [1.54, 1.807) is 5.56 Å². The Morgan fingerprint density at radius 1 is 1.05 bits per heavy atom. The lowest BCUT2D eigenvalue weighted by molar-refractivity contribution is -0.00254. The molecule has 4 aliphatic rings. The van der Waals surface area contributed by atoms with E-state index >= 15 is 0 Å². The maximum Gasteiger partial charge on any atom is 0.0488 e.